The predicted octanol–water partition coefficient (Wildman–Crippen LogP) is 3.60. The second-order valence-electron chi connectivity index (χ2n) is 3.22. The molecule has 1 N–H and O–H groups in total. The highest BCUT2D eigenvalue weighted by molar-refractivity contribution is 6.44. The van der Waals surface area contributed by atoms with Crippen molar-refractivity contribution in [2.45, 2.75) is 19.4 Å². The Labute approximate surface area is 103 Å². The number of aliphatic hydroxyl groups is 1. The molecule has 1 aromatic carbocycles. The molecular weight excluding hydrogens is 258 g/mol. The third-order valence-corrected chi connectivity index (χ3v) is 2.83. The molecule has 0 radical (unpaired) electrons. The topological polar surface area (TPSA) is 37.3 Å². The van der Waals surface area contributed by atoms with Crippen molar-refractivity contribution in [3.63, 3.8) is 0 Å². The number of carbonyl (C=O) groups excluding carboxylic acids is 1. The van der Waals surface area contributed by atoms with Gasteiger partial charge in [0.15, 0.2) is 5.78 Å². The summed E-state index contributed by atoms with van der Waals surface area (Å²) in [6.07, 6.45) is -0.694. The molecule has 0 saturated carbocycles. The van der Waals surface area contributed by atoms with Crippen LogP contribution in [0, 0.1) is 0 Å². The van der Waals surface area contributed by atoms with Crippen LogP contribution >= 0.6 is 34.8 Å². The molecule has 1 aromatic rings. The fraction of sp³-hybridized carbons (Fsp3) is 0.300. The molecule has 0 fully saturated rings. The quantitative estimate of drug-likeness (QED) is 0.671. The number of hydrogen-bond acceptors (Lipinski definition) is 2. The monoisotopic (exact) mass is 266 g/mol. The van der Waals surface area contributed by atoms with Gasteiger partial charge in [-0.2, -0.15) is 0 Å². The number of hydrogen-bond donors (Lipinski definition) is 1. The lowest BCUT2D eigenvalue weighted by molar-refractivity contribution is 0.0901. The van der Waals surface area contributed by atoms with Crippen LogP contribution < -0.4 is 0 Å². The first kappa shape index (κ1) is 12.8. The highest BCUT2D eigenvalue weighted by Gasteiger charge is 2.14. The van der Waals surface area contributed by atoms with Crippen LogP contribution in [0.25, 0.3) is 0 Å². The Morgan fingerprint density at radius 3 is 2.33 bits per heavy atom. The number of ketones is 1. The Morgan fingerprint density at radius 1 is 1.27 bits per heavy atom. The summed E-state index contributed by atoms with van der Waals surface area (Å²) in [6, 6.07) is 2.83. The Hall–Kier alpha value is -0.280. The second-order valence-corrected chi connectivity index (χ2v) is 4.44. The summed E-state index contributed by atoms with van der Waals surface area (Å²) in [7, 11) is 0. The molecule has 0 aromatic heterocycles. The van der Waals surface area contributed by atoms with Crippen molar-refractivity contribution in [1.82, 2.24) is 0 Å². The number of halogens is 3. The number of rotatable bonds is 3. The molecule has 1 rings (SSSR count). The van der Waals surface area contributed by atoms with Crippen LogP contribution in [0.3, 0.4) is 0 Å². The summed E-state index contributed by atoms with van der Waals surface area (Å²) in [6.45, 7) is 1.53. The molecule has 1 atom stereocenters. The zero-order valence-corrected chi connectivity index (χ0v) is 10.2. The largest absolute Gasteiger partial charge is 0.393 e. The van der Waals surface area contributed by atoms with Crippen molar-refractivity contribution in [2.75, 3.05) is 0 Å². The van der Waals surface area contributed by atoms with E-state index in [0.717, 1.165) is 0 Å². The first-order valence-corrected chi connectivity index (χ1v) is 5.41. The Bertz CT molecular complexity index is 388. The van der Waals surface area contributed by atoms with Gasteiger partial charge < -0.3 is 5.11 Å². The molecule has 0 bridgehead atoms. The maximum atomic E-state index is 11.6. The van der Waals surface area contributed by atoms with E-state index >= 15 is 0 Å². The van der Waals surface area contributed by atoms with Gasteiger partial charge in [0, 0.05) is 12.0 Å². The number of carbonyl (C=O) groups is 1. The molecule has 15 heavy (non-hydrogen) atoms. The van der Waals surface area contributed by atoms with E-state index < -0.39 is 6.10 Å². The first-order chi connectivity index (χ1) is 6.91. The lowest BCUT2D eigenvalue weighted by Gasteiger charge is -2.07. The predicted molar refractivity (Wildman–Crippen MR) is 62.1 cm³/mol. The summed E-state index contributed by atoms with van der Waals surface area (Å²) in [5, 5.41) is 9.90. The Morgan fingerprint density at radius 2 is 1.80 bits per heavy atom. The molecule has 0 saturated heterocycles. The molecule has 0 aliphatic rings. The minimum atomic E-state index is -0.706. The van der Waals surface area contributed by atoms with Gasteiger partial charge in [0.1, 0.15) is 0 Å². The van der Waals surface area contributed by atoms with Crippen molar-refractivity contribution in [1.29, 1.82) is 0 Å². The molecule has 5 heteroatoms. The third kappa shape index (κ3) is 3.35. The smallest absolute Gasteiger partial charge is 0.166 e. The van der Waals surface area contributed by atoms with Gasteiger partial charge in [-0.15, -0.1) is 0 Å². The van der Waals surface area contributed by atoms with E-state index in [1.165, 1.54) is 19.1 Å². The lowest BCUT2D eigenvalue weighted by Crippen LogP contribution is -2.10. The summed E-state index contributed by atoms with van der Waals surface area (Å²) in [4.78, 5) is 11.6. The molecule has 0 aliphatic carbocycles. The zero-order valence-electron chi connectivity index (χ0n) is 7.93. The number of Topliss-reactive ketones (excluding diaryl/α,β-unsaturated/α-hetero) is 1. The van der Waals surface area contributed by atoms with Gasteiger partial charge in [0.05, 0.1) is 21.2 Å². The summed E-state index contributed by atoms with van der Waals surface area (Å²) >= 11 is 17.3. The lowest BCUT2D eigenvalue weighted by atomic mass is 10.1. The molecule has 82 valence electrons. The molecule has 0 aliphatic heterocycles. The highest BCUT2D eigenvalue weighted by Crippen LogP contribution is 2.29. The molecule has 2 nitrogen and oxygen atoms in total. The van der Waals surface area contributed by atoms with Crippen LogP contribution in [0.15, 0.2) is 12.1 Å². The van der Waals surface area contributed by atoms with E-state index in [9.17, 15) is 4.79 Å². The fourth-order valence-corrected chi connectivity index (χ4v) is 1.77. The Kier molecular flexibility index (Phi) is 4.41. The average Bonchev–Trinajstić information content (AvgIpc) is 2.09. The Balaban J connectivity index is 3.04. The van der Waals surface area contributed by atoms with Gasteiger partial charge in [0.25, 0.3) is 0 Å². The van der Waals surface area contributed by atoms with Crippen molar-refractivity contribution in [3.8, 4) is 0 Å². The standard InChI is InChI=1S/C10H9Cl3O2/c1-5(14)2-10(15)6-3-8(12)9(13)4-7(6)11/h3-5,14H,2H2,1H3. The van der Waals surface area contributed by atoms with E-state index in [0.29, 0.717) is 5.02 Å². The van der Waals surface area contributed by atoms with Crippen LogP contribution in [-0.4, -0.2) is 17.0 Å². The van der Waals surface area contributed by atoms with E-state index in [1.54, 1.807) is 0 Å². The molecule has 0 spiro atoms. The van der Waals surface area contributed by atoms with Gasteiger partial charge in [0.2, 0.25) is 0 Å². The van der Waals surface area contributed by atoms with Gasteiger partial charge in [-0.05, 0) is 19.1 Å². The first-order valence-electron chi connectivity index (χ1n) is 4.27. The molecule has 1 unspecified atom stereocenters. The number of benzene rings is 1. The van der Waals surface area contributed by atoms with Gasteiger partial charge in [-0.25, -0.2) is 0 Å². The minimum Gasteiger partial charge on any atom is -0.393 e. The van der Waals surface area contributed by atoms with Crippen LogP contribution in [0.2, 0.25) is 15.1 Å². The maximum absolute atomic E-state index is 11.6. The van der Waals surface area contributed by atoms with E-state index in [2.05, 4.69) is 0 Å². The van der Waals surface area contributed by atoms with Crippen LogP contribution in [0.5, 0.6) is 0 Å². The van der Waals surface area contributed by atoms with E-state index in [4.69, 9.17) is 39.9 Å². The summed E-state index contributed by atoms with van der Waals surface area (Å²) in [5.74, 6) is -0.256. The maximum Gasteiger partial charge on any atom is 0.166 e. The third-order valence-electron chi connectivity index (χ3n) is 1.79. The van der Waals surface area contributed by atoms with Crippen molar-refractivity contribution in [2.24, 2.45) is 0 Å². The molecule has 0 amide bonds. The van der Waals surface area contributed by atoms with Crippen molar-refractivity contribution < 1.29 is 9.90 Å². The fourth-order valence-electron chi connectivity index (χ4n) is 1.11. The average molecular weight is 268 g/mol. The zero-order chi connectivity index (χ0) is 11.6. The highest BCUT2D eigenvalue weighted by atomic mass is 35.5. The second kappa shape index (κ2) is 5.17. The minimum absolute atomic E-state index is 0.0116. The van der Waals surface area contributed by atoms with E-state index in [1.807, 2.05) is 0 Å². The molecular formula is C10H9Cl3O2. The van der Waals surface area contributed by atoms with Crippen LogP contribution in [0.4, 0.5) is 0 Å². The SMILES string of the molecule is CC(O)CC(=O)c1cc(Cl)c(Cl)cc1Cl. The normalized spacial score (nSPS) is 12.6. The van der Waals surface area contributed by atoms with Crippen molar-refractivity contribution >= 4 is 40.6 Å². The van der Waals surface area contributed by atoms with Gasteiger partial charge in [-0.1, -0.05) is 34.8 Å². The summed E-state index contributed by atoms with van der Waals surface area (Å²) < 4.78 is 0. The van der Waals surface area contributed by atoms with Crippen LogP contribution in [-0.2, 0) is 0 Å². The van der Waals surface area contributed by atoms with Crippen molar-refractivity contribution in [3.05, 3.63) is 32.8 Å². The summed E-state index contributed by atoms with van der Waals surface area (Å²) in [5.41, 5.74) is 0.284. The number of aliphatic hydroxyl groups excluding tert-OH is 1. The molecule has 0 heterocycles. The van der Waals surface area contributed by atoms with Gasteiger partial charge >= 0.3 is 0 Å². The van der Waals surface area contributed by atoms with Gasteiger partial charge in [-0.3, -0.25) is 4.79 Å². The van der Waals surface area contributed by atoms with E-state index in [-0.39, 0.29) is 27.8 Å². The van der Waals surface area contributed by atoms with Crippen LogP contribution in [0.1, 0.15) is 23.7 Å².